The molecular weight excluding hydrogens is 144 g/mol. The number of allylic oxidation sites excluding steroid dienone is 2. The summed E-state index contributed by atoms with van der Waals surface area (Å²) in [6, 6.07) is 0. The van der Waals surface area contributed by atoms with Crippen LogP contribution in [0.3, 0.4) is 0 Å². The molecule has 0 spiro atoms. The van der Waals surface area contributed by atoms with E-state index in [1.807, 2.05) is 0 Å². The number of rotatable bonds is 0. The lowest BCUT2D eigenvalue weighted by Crippen LogP contribution is -1.71. The molecule has 0 fully saturated rings. The molecule has 1 aliphatic heterocycles. The zero-order chi connectivity index (χ0) is 5.98. The van der Waals surface area contributed by atoms with Gasteiger partial charge in [-0.15, -0.1) is 0 Å². The molecule has 8 heavy (non-hydrogen) atoms. The van der Waals surface area contributed by atoms with Gasteiger partial charge >= 0.3 is 0 Å². The fourth-order valence-corrected chi connectivity index (χ4v) is 1.89. The standard InChI is InChI=1S/C4H3O2S2/c5-8(6)7-3-1-2-4-7/h1-3H. The first-order valence-electron chi connectivity index (χ1n) is 1.90. The highest BCUT2D eigenvalue weighted by molar-refractivity contribution is 8.36. The molecule has 4 heteroatoms. The molecule has 2 nitrogen and oxygen atoms in total. The summed E-state index contributed by atoms with van der Waals surface area (Å²) in [7, 11) is -2.74. The summed E-state index contributed by atoms with van der Waals surface area (Å²) in [5.74, 6) is 0. The average Bonchev–Trinajstić information content (AvgIpc) is 2.12. The topological polar surface area (TPSA) is 34.1 Å². The molecule has 0 saturated heterocycles. The Morgan fingerprint density at radius 2 is 2.25 bits per heavy atom. The Kier molecular flexibility index (Phi) is 1.65. The minimum atomic E-state index is -1.99. The van der Waals surface area contributed by atoms with Crippen molar-refractivity contribution in [2.75, 3.05) is 0 Å². The van der Waals surface area contributed by atoms with Crippen molar-refractivity contribution < 1.29 is 8.42 Å². The Morgan fingerprint density at radius 1 is 1.50 bits per heavy atom. The van der Waals surface area contributed by atoms with Crippen LogP contribution in [0.2, 0.25) is 0 Å². The van der Waals surface area contributed by atoms with Gasteiger partial charge in [0.05, 0.1) is 0 Å². The van der Waals surface area contributed by atoms with Crippen molar-refractivity contribution in [1.82, 2.24) is 0 Å². The predicted octanol–water partition coefficient (Wildman–Crippen LogP) is 0.243. The molecule has 1 heterocycles. The molecule has 0 aliphatic carbocycles. The molecule has 0 amide bonds. The molecule has 1 radical (unpaired) electrons. The maximum absolute atomic E-state index is 10.1. The van der Waals surface area contributed by atoms with Crippen molar-refractivity contribution in [3.05, 3.63) is 23.0 Å². The SMILES string of the molecule is O=S(=O)=S1[C]=CC=C1. The van der Waals surface area contributed by atoms with Crippen LogP contribution in [0.25, 0.3) is 0 Å². The lowest BCUT2D eigenvalue weighted by molar-refractivity contribution is 0.628. The molecule has 0 saturated carbocycles. The fraction of sp³-hybridized carbons (Fsp3) is 0. The molecule has 1 aliphatic rings. The lowest BCUT2D eigenvalue weighted by Gasteiger charge is -1.70. The van der Waals surface area contributed by atoms with E-state index < -0.39 is 18.7 Å². The molecule has 0 aromatic rings. The second-order valence-electron chi connectivity index (χ2n) is 1.11. The summed E-state index contributed by atoms with van der Waals surface area (Å²) < 4.78 is 20.2. The molecule has 0 aromatic heterocycles. The van der Waals surface area contributed by atoms with Crippen LogP contribution in [0.4, 0.5) is 0 Å². The first-order valence-corrected chi connectivity index (χ1v) is 4.77. The van der Waals surface area contributed by atoms with Crippen molar-refractivity contribution in [2.45, 2.75) is 0 Å². The third-order valence-electron chi connectivity index (χ3n) is 0.629. The van der Waals surface area contributed by atoms with E-state index in [-0.39, 0.29) is 0 Å². The Morgan fingerprint density at radius 3 is 2.50 bits per heavy atom. The molecular formula is C4H3O2S2. The molecule has 0 aromatic carbocycles. The molecule has 1 unspecified atom stereocenters. The van der Waals surface area contributed by atoms with Gasteiger partial charge < -0.3 is 0 Å². The fourth-order valence-electron chi connectivity index (χ4n) is 0.341. The summed E-state index contributed by atoms with van der Waals surface area (Å²) in [5.41, 5.74) is 0. The Labute approximate surface area is 50.7 Å². The van der Waals surface area contributed by atoms with E-state index in [2.05, 4.69) is 5.41 Å². The summed E-state index contributed by atoms with van der Waals surface area (Å²) in [4.78, 5) is 0. The quantitative estimate of drug-likeness (QED) is 0.492. The maximum atomic E-state index is 10.1. The number of hydrogen-bond donors (Lipinski definition) is 0. The van der Waals surface area contributed by atoms with Gasteiger partial charge in [0.15, 0.2) is 0 Å². The summed E-state index contributed by atoms with van der Waals surface area (Å²) in [6.07, 6.45) is 3.29. The van der Waals surface area contributed by atoms with Crippen molar-refractivity contribution >= 4 is 18.7 Å². The van der Waals surface area contributed by atoms with Crippen molar-refractivity contribution in [1.29, 1.82) is 0 Å². The molecule has 1 rings (SSSR count). The van der Waals surface area contributed by atoms with Gasteiger partial charge in [-0.2, -0.15) is 8.42 Å². The Hall–Kier alpha value is -0.350. The van der Waals surface area contributed by atoms with E-state index in [1.54, 1.807) is 17.6 Å². The maximum Gasteiger partial charge on any atom is 0.249 e. The van der Waals surface area contributed by atoms with Crippen molar-refractivity contribution in [2.24, 2.45) is 0 Å². The van der Waals surface area contributed by atoms with Crippen LogP contribution in [-0.4, -0.2) is 8.42 Å². The molecule has 0 bridgehead atoms. The van der Waals surface area contributed by atoms with Crippen LogP contribution in [-0.2, 0) is 18.7 Å². The predicted molar refractivity (Wildman–Crippen MR) is 33.2 cm³/mol. The van der Waals surface area contributed by atoms with E-state index in [0.717, 1.165) is 0 Å². The highest BCUT2D eigenvalue weighted by atomic mass is 32.9. The summed E-state index contributed by atoms with van der Waals surface area (Å²) in [6.45, 7) is 0. The van der Waals surface area contributed by atoms with E-state index in [9.17, 15) is 8.42 Å². The normalized spacial score (nSPS) is 17.5. The lowest BCUT2D eigenvalue weighted by atomic mass is 10.6. The largest absolute Gasteiger partial charge is 0.249 e. The van der Waals surface area contributed by atoms with Crippen LogP contribution in [0.15, 0.2) is 17.6 Å². The van der Waals surface area contributed by atoms with Crippen LogP contribution in [0, 0.1) is 5.41 Å². The highest BCUT2D eigenvalue weighted by Gasteiger charge is 1.90. The number of hydrogen-bond acceptors (Lipinski definition) is 2. The van der Waals surface area contributed by atoms with Crippen LogP contribution in [0.5, 0.6) is 0 Å². The molecule has 0 N–H and O–H groups in total. The van der Waals surface area contributed by atoms with Gasteiger partial charge in [-0.1, -0.05) is 6.08 Å². The highest BCUT2D eigenvalue weighted by Crippen LogP contribution is 1.96. The van der Waals surface area contributed by atoms with Crippen LogP contribution in [0.1, 0.15) is 0 Å². The van der Waals surface area contributed by atoms with Gasteiger partial charge in [-0.25, -0.2) is 0 Å². The Balaban J connectivity index is 3.29. The van der Waals surface area contributed by atoms with E-state index in [0.29, 0.717) is 0 Å². The van der Waals surface area contributed by atoms with Crippen LogP contribution < -0.4 is 0 Å². The van der Waals surface area contributed by atoms with Gasteiger partial charge in [0.25, 0.3) is 0 Å². The molecule has 1 atom stereocenters. The zero-order valence-corrected chi connectivity index (χ0v) is 5.50. The minimum Gasteiger partial charge on any atom is -0.177 e. The van der Waals surface area contributed by atoms with Gasteiger partial charge in [0.1, 0.15) is 0 Å². The zero-order valence-electron chi connectivity index (χ0n) is 3.87. The van der Waals surface area contributed by atoms with Gasteiger partial charge in [0, 0.05) is 5.41 Å². The first kappa shape index (κ1) is 5.78. The van der Waals surface area contributed by atoms with Crippen molar-refractivity contribution in [3.63, 3.8) is 0 Å². The first-order chi connectivity index (χ1) is 3.80. The van der Waals surface area contributed by atoms with Gasteiger partial charge in [-0.3, -0.25) is 0 Å². The second-order valence-corrected chi connectivity index (χ2v) is 4.52. The second kappa shape index (κ2) is 2.28. The van der Waals surface area contributed by atoms with Gasteiger partial charge in [0.2, 0.25) is 9.26 Å². The van der Waals surface area contributed by atoms with E-state index >= 15 is 0 Å². The van der Waals surface area contributed by atoms with E-state index in [4.69, 9.17) is 0 Å². The van der Waals surface area contributed by atoms with Crippen LogP contribution >= 0.6 is 0 Å². The smallest absolute Gasteiger partial charge is 0.177 e. The Bertz CT molecular complexity index is 246. The van der Waals surface area contributed by atoms with E-state index in [1.165, 1.54) is 0 Å². The van der Waals surface area contributed by atoms with Crippen molar-refractivity contribution in [3.8, 4) is 0 Å². The van der Waals surface area contributed by atoms with Gasteiger partial charge in [-0.05, 0) is 20.9 Å². The average molecular weight is 147 g/mol. The monoisotopic (exact) mass is 147 g/mol. The third-order valence-corrected chi connectivity index (χ3v) is 3.20. The summed E-state index contributed by atoms with van der Waals surface area (Å²) >= 11 is 0. The minimum absolute atomic E-state index is 0.748. The molecule has 43 valence electrons. The third kappa shape index (κ3) is 1.08. The summed E-state index contributed by atoms with van der Waals surface area (Å²) in [5, 5.41) is 4.24.